The molecule has 0 nitrogen and oxygen atoms in total. The molecule has 1 rings (SSSR count). The molecule has 1 saturated carbocycles. The van der Waals surface area contributed by atoms with Crippen LogP contribution in [-0.4, -0.2) is 0 Å². The summed E-state index contributed by atoms with van der Waals surface area (Å²) in [6.07, 6.45) is 12.6. The molecule has 1 fully saturated rings. The van der Waals surface area contributed by atoms with Crippen molar-refractivity contribution in [3.8, 4) is 0 Å². The Labute approximate surface area is 89.1 Å². The first-order valence-electron chi connectivity index (χ1n) is 6.09. The molecule has 0 aromatic rings. The third kappa shape index (κ3) is 3.69. The van der Waals surface area contributed by atoms with Gasteiger partial charge in [-0.15, -0.1) is 0 Å². The Morgan fingerprint density at radius 1 is 1.43 bits per heavy atom. The Morgan fingerprint density at radius 2 is 2.14 bits per heavy atom. The van der Waals surface area contributed by atoms with Crippen LogP contribution in [0, 0.1) is 11.8 Å². The van der Waals surface area contributed by atoms with Gasteiger partial charge in [-0.3, -0.25) is 0 Å². The summed E-state index contributed by atoms with van der Waals surface area (Å²) >= 11 is 0. The Balaban J connectivity index is 2.28. The molecule has 0 spiro atoms. The molecule has 1 unspecified atom stereocenters. The van der Waals surface area contributed by atoms with Crippen molar-refractivity contribution >= 4 is 0 Å². The van der Waals surface area contributed by atoms with Crippen molar-refractivity contribution in [1.82, 2.24) is 0 Å². The number of hydrogen-bond donors (Lipinski definition) is 0. The van der Waals surface area contributed by atoms with E-state index in [1.54, 1.807) is 0 Å². The third-order valence-electron chi connectivity index (χ3n) is 3.38. The maximum atomic E-state index is 3.85. The number of allylic oxidation sites excluding steroid dienone is 3. The Kier molecular flexibility index (Phi) is 5.00. The molecule has 80 valence electrons. The smallest absolute Gasteiger partial charge is 0.0280 e. The molecule has 1 aliphatic rings. The topological polar surface area (TPSA) is 0 Å². The first-order valence-corrected chi connectivity index (χ1v) is 6.09. The lowest BCUT2D eigenvalue weighted by Crippen LogP contribution is -2.02. The second-order valence-corrected chi connectivity index (χ2v) is 4.49. The average Bonchev–Trinajstić information content (AvgIpc) is 3.01. The predicted octanol–water partition coefficient (Wildman–Crippen LogP) is 4.73. The second-order valence-electron chi connectivity index (χ2n) is 4.49. The molecule has 0 amide bonds. The molecule has 1 aliphatic carbocycles. The quantitative estimate of drug-likeness (QED) is 0.512. The Hall–Kier alpha value is -0.520. The largest absolute Gasteiger partial charge is 0.0988 e. The summed E-state index contributed by atoms with van der Waals surface area (Å²) in [5.41, 5.74) is 1.42. The van der Waals surface area contributed by atoms with Gasteiger partial charge < -0.3 is 0 Å². The van der Waals surface area contributed by atoms with E-state index in [0.717, 1.165) is 11.8 Å². The van der Waals surface area contributed by atoms with Crippen molar-refractivity contribution in [1.29, 1.82) is 0 Å². The summed E-state index contributed by atoms with van der Waals surface area (Å²) in [4.78, 5) is 0. The fourth-order valence-electron chi connectivity index (χ4n) is 2.27. The van der Waals surface area contributed by atoms with E-state index >= 15 is 0 Å². The fraction of sp³-hybridized carbons (Fsp3) is 0.714. The lowest BCUT2D eigenvalue weighted by atomic mass is 9.91. The molecule has 1 atom stereocenters. The van der Waals surface area contributed by atoms with Gasteiger partial charge >= 0.3 is 0 Å². The van der Waals surface area contributed by atoms with E-state index < -0.39 is 0 Å². The van der Waals surface area contributed by atoms with Gasteiger partial charge in [0.15, 0.2) is 0 Å². The van der Waals surface area contributed by atoms with Crippen LogP contribution in [0.1, 0.15) is 52.4 Å². The molecule has 0 aromatic carbocycles. The Morgan fingerprint density at radius 3 is 2.57 bits per heavy atom. The summed E-state index contributed by atoms with van der Waals surface area (Å²) < 4.78 is 0. The van der Waals surface area contributed by atoms with Crippen LogP contribution in [0.5, 0.6) is 0 Å². The summed E-state index contributed by atoms with van der Waals surface area (Å²) in [6, 6.07) is 0. The van der Waals surface area contributed by atoms with Crippen LogP contribution < -0.4 is 0 Å². The SMILES string of the molecule is C=C/C(=C\C)CCC(CCC)C1CC1. The molecule has 14 heavy (non-hydrogen) atoms. The molecule has 0 N–H and O–H groups in total. The molecule has 0 heterocycles. The van der Waals surface area contributed by atoms with E-state index in [-0.39, 0.29) is 0 Å². The molecule has 0 aromatic heterocycles. The molecular formula is C14H24. The molecule has 0 bridgehead atoms. The van der Waals surface area contributed by atoms with E-state index in [4.69, 9.17) is 0 Å². The van der Waals surface area contributed by atoms with Gasteiger partial charge in [-0.05, 0) is 44.4 Å². The molecule has 0 aliphatic heterocycles. The van der Waals surface area contributed by atoms with Gasteiger partial charge in [0.2, 0.25) is 0 Å². The zero-order chi connectivity index (χ0) is 10.4. The molecule has 0 saturated heterocycles. The minimum Gasteiger partial charge on any atom is -0.0988 e. The van der Waals surface area contributed by atoms with Crippen molar-refractivity contribution in [2.75, 3.05) is 0 Å². The van der Waals surface area contributed by atoms with Crippen LogP contribution in [0.2, 0.25) is 0 Å². The fourth-order valence-corrected chi connectivity index (χ4v) is 2.27. The van der Waals surface area contributed by atoms with Crippen LogP contribution >= 0.6 is 0 Å². The van der Waals surface area contributed by atoms with E-state index in [1.807, 2.05) is 6.08 Å². The normalized spacial score (nSPS) is 19.4. The lowest BCUT2D eigenvalue weighted by molar-refractivity contribution is 0.395. The highest BCUT2D eigenvalue weighted by Crippen LogP contribution is 2.41. The van der Waals surface area contributed by atoms with Crippen LogP contribution in [0.3, 0.4) is 0 Å². The minimum absolute atomic E-state index is 0.995. The standard InChI is InChI=1S/C14H24/c1-4-7-13(14-10-11-14)9-8-12(5-2)6-3/h5-6,13-14H,2,4,7-11H2,1,3H3/b12-6+. The summed E-state index contributed by atoms with van der Waals surface area (Å²) in [7, 11) is 0. The van der Waals surface area contributed by atoms with Crippen molar-refractivity contribution in [3.05, 3.63) is 24.3 Å². The summed E-state index contributed by atoms with van der Waals surface area (Å²) in [6.45, 7) is 8.27. The second kappa shape index (κ2) is 6.06. The predicted molar refractivity (Wildman–Crippen MR) is 64.3 cm³/mol. The average molecular weight is 192 g/mol. The van der Waals surface area contributed by atoms with Crippen molar-refractivity contribution in [3.63, 3.8) is 0 Å². The van der Waals surface area contributed by atoms with Gasteiger partial charge in [-0.1, -0.05) is 44.1 Å². The van der Waals surface area contributed by atoms with E-state index in [2.05, 4.69) is 26.5 Å². The van der Waals surface area contributed by atoms with E-state index in [9.17, 15) is 0 Å². The van der Waals surface area contributed by atoms with E-state index in [0.29, 0.717) is 0 Å². The van der Waals surface area contributed by atoms with Gasteiger partial charge in [-0.2, -0.15) is 0 Å². The van der Waals surface area contributed by atoms with Crippen molar-refractivity contribution in [2.45, 2.75) is 52.4 Å². The van der Waals surface area contributed by atoms with Gasteiger partial charge in [0.05, 0.1) is 0 Å². The van der Waals surface area contributed by atoms with Crippen LogP contribution in [0.15, 0.2) is 24.3 Å². The lowest BCUT2D eigenvalue weighted by Gasteiger charge is -2.15. The maximum Gasteiger partial charge on any atom is -0.0280 e. The summed E-state index contributed by atoms with van der Waals surface area (Å²) in [5.74, 6) is 2.06. The van der Waals surface area contributed by atoms with Crippen LogP contribution in [0.4, 0.5) is 0 Å². The molecule has 0 heteroatoms. The van der Waals surface area contributed by atoms with Crippen LogP contribution in [-0.2, 0) is 0 Å². The molecular weight excluding hydrogens is 168 g/mol. The Bertz CT molecular complexity index is 196. The first kappa shape index (κ1) is 11.6. The highest BCUT2D eigenvalue weighted by Gasteiger charge is 2.29. The molecule has 0 radical (unpaired) electrons. The van der Waals surface area contributed by atoms with Crippen LogP contribution in [0.25, 0.3) is 0 Å². The number of hydrogen-bond acceptors (Lipinski definition) is 0. The van der Waals surface area contributed by atoms with Crippen molar-refractivity contribution in [2.24, 2.45) is 11.8 Å². The zero-order valence-electron chi connectivity index (χ0n) is 9.76. The van der Waals surface area contributed by atoms with E-state index in [1.165, 1.54) is 44.1 Å². The van der Waals surface area contributed by atoms with Crippen molar-refractivity contribution < 1.29 is 0 Å². The maximum absolute atomic E-state index is 3.85. The minimum atomic E-state index is 0.995. The van der Waals surface area contributed by atoms with Gasteiger partial charge in [0.25, 0.3) is 0 Å². The van der Waals surface area contributed by atoms with Gasteiger partial charge in [0.1, 0.15) is 0 Å². The monoisotopic (exact) mass is 192 g/mol. The third-order valence-corrected chi connectivity index (χ3v) is 3.38. The van der Waals surface area contributed by atoms with Gasteiger partial charge in [-0.25, -0.2) is 0 Å². The van der Waals surface area contributed by atoms with Gasteiger partial charge in [0, 0.05) is 0 Å². The number of rotatable bonds is 7. The highest BCUT2D eigenvalue weighted by atomic mass is 14.3. The zero-order valence-corrected chi connectivity index (χ0v) is 9.76. The first-order chi connectivity index (χ1) is 6.81. The highest BCUT2D eigenvalue weighted by molar-refractivity contribution is 5.14. The summed E-state index contributed by atoms with van der Waals surface area (Å²) in [5, 5.41) is 0.